The van der Waals surface area contributed by atoms with Gasteiger partial charge in [0.15, 0.2) is 0 Å². The van der Waals surface area contributed by atoms with Gasteiger partial charge in [0.1, 0.15) is 0 Å². The van der Waals surface area contributed by atoms with Crippen molar-refractivity contribution in [3.63, 3.8) is 0 Å². The summed E-state index contributed by atoms with van der Waals surface area (Å²) in [6, 6.07) is 9.03. The highest BCUT2D eigenvalue weighted by Gasteiger charge is 2.27. The highest BCUT2D eigenvalue weighted by atomic mass is 14.3. The monoisotopic (exact) mass is 240 g/mol. The Morgan fingerprint density at radius 2 is 2.06 bits per heavy atom. The molecule has 0 bridgehead atoms. The molecule has 2 aliphatic carbocycles. The zero-order valence-electron chi connectivity index (χ0n) is 11.5. The standard InChI is InChI=1S/C18H24/c1-2-3-4-7-14-10-11-18-16(12-14)13-15-8-5-6-9-17(15)18/h5-6,8-9,14H,2-4,7,10-13H2,1H3. The molecule has 0 fully saturated rings. The molecule has 96 valence electrons. The first kappa shape index (κ1) is 12.0. The number of rotatable bonds is 4. The summed E-state index contributed by atoms with van der Waals surface area (Å²) >= 11 is 0. The van der Waals surface area contributed by atoms with Gasteiger partial charge in [0.2, 0.25) is 0 Å². The van der Waals surface area contributed by atoms with E-state index in [2.05, 4.69) is 31.2 Å². The van der Waals surface area contributed by atoms with Gasteiger partial charge in [-0.1, -0.05) is 62.4 Å². The van der Waals surface area contributed by atoms with Crippen LogP contribution in [-0.4, -0.2) is 0 Å². The molecular weight excluding hydrogens is 216 g/mol. The van der Waals surface area contributed by atoms with Gasteiger partial charge in [-0.25, -0.2) is 0 Å². The van der Waals surface area contributed by atoms with Crippen molar-refractivity contribution >= 4 is 5.57 Å². The molecule has 0 heterocycles. The number of hydrogen-bond acceptors (Lipinski definition) is 0. The molecule has 0 saturated heterocycles. The number of allylic oxidation sites excluding steroid dienone is 2. The van der Waals surface area contributed by atoms with Gasteiger partial charge in [-0.2, -0.15) is 0 Å². The van der Waals surface area contributed by atoms with Crippen LogP contribution >= 0.6 is 0 Å². The van der Waals surface area contributed by atoms with E-state index in [1.54, 1.807) is 22.3 Å². The maximum Gasteiger partial charge on any atom is -0.00549 e. The largest absolute Gasteiger partial charge is 0.0654 e. The Morgan fingerprint density at radius 1 is 1.17 bits per heavy atom. The van der Waals surface area contributed by atoms with E-state index in [0.29, 0.717) is 0 Å². The SMILES string of the molecule is CCCCCC1CCC2=C(Cc3ccccc32)C1. The van der Waals surface area contributed by atoms with Gasteiger partial charge in [-0.15, -0.1) is 0 Å². The smallest absolute Gasteiger partial charge is 0.00549 e. The molecule has 0 aromatic heterocycles. The van der Waals surface area contributed by atoms with Gasteiger partial charge in [0, 0.05) is 0 Å². The Morgan fingerprint density at radius 3 is 2.94 bits per heavy atom. The zero-order valence-corrected chi connectivity index (χ0v) is 11.5. The fraction of sp³-hybridized carbons (Fsp3) is 0.556. The second-order valence-electron chi connectivity index (χ2n) is 6.02. The van der Waals surface area contributed by atoms with E-state index in [-0.39, 0.29) is 0 Å². The average Bonchev–Trinajstić information content (AvgIpc) is 2.76. The minimum absolute atomic E-state index is 0.976. The molecule has 0 nitrogen and oxygen atoms in total. The fourth-order valence-electron chi connectivity index (χ4n) is 3.73. The number of unbranched alkanes of at least 4 members (excludes halogenated alkanes) is 2. The summed E-state index contributed by atoms with van der Waals surface area (Å²) in [5.41, 5.74) is 6.62. The molecule has 3 rings (SSSR count). The van der Waals surface area contributed by atoms with Gasteiger partial charge < -0.3 is 0 Å². The molecule has 0 saturated carbocycles. The molecule has 1 aromatic rings. The average molecular weight is 240 g/mol. The minimum Gasteiger partial charge on any atom is -0.0654 e. The van der Waals surface area contributed by atoms with Crippen LogP contribution in [0.4, 0.5) is 0 Å². The highest BCUT2D eigenvalue weighted by molar-refractivity contribution is 5.77. The first-order chi connectivity index (χ1) is 8.88. The molecule has 0 N–H and O–H groups in total. The summed E-state index contributed by atoms with van der Waals surface area (Å²) in [4.78, 5) is 0. The summed E-state index contributed by atoms with van der Waals surface area (Å²) in [5, 5.41) is 0. The predicted octanol–water partition coefficient (Wildman–Crippen LogP) is 5.38. The van der Waals surface area contributed by atoms with E-state index < -0.39 is 0 Å². The molecule has 18 heavy (non-hydrogen) atoms. The molecule has 0 radical (unpaired) electrons. The van der Waals surface area contributed by atoms with Crippen LogP contribution in [0, 0.1) is 5.92 Å². The Balaban J connectivity index is 1.67. The van der Waals surface area contributed by atoms with E-state index in [1.807, 2.05) is 0 Å². The minimum atomic E-state index is 0.976. The molecule has 0 spiro atoms. The normalized spacial score (nSPS) is 21.9. The molecule has 0 amide bonds. The van der Waals surface area contributed by atoms with Gasteiger partial charge in [0.05, 0.1) is 0 Å². The lowest BCUT2D eigenvalue weighted by atomic mass is 9.81. The van der Waals surface area contributed by atoms with Gasteiger partial charge in [0.25, 0.3) is 0 Å². The topological polar surface area (TPSA) is 0 Å². The number of fused-ring (bicyclic) bond motifs is 2. The Bertz CT molecular complexity index is 453. The second-order valence-corrected chi connectivity index (χ2v) is 6.02. The van der Waals surface area contributed by atoms with E-state index in [4.69, 9.17) is 0 Å². The lowest BCUT2D eigenvalue weighted by Crippen LogP contribution is -2.08. The molecule has 1 unspecified atom stereocenters. The Kier molecular flexibility index (Phi) is 3.54. The van der Waals surface area contributed by atoms with Crippen molar-refractivity contribution in [1.82, 2.24) is 0 Å². The van der Waals surface area contributed by atoms with Crippen molar-refractivity contribution in [1.29, 1.82) is 0 Å². The molecule has 1 atom stereocenters. The second kappa shape index (κ2) is 5.30. The number of benzene rings is 1. The lowest BCUT2D eigenvalue weighted by molar-refractivity contribution is 0.417. The summed E-state index contributed by atoms with van der Waals surface area (Å²) in [5.74, 6) is 0.976. The van der Waals surface area contributed by atoms with Crippen molar-refractivity contribution in [2.75, 3.05) is 0 Å². The fourth-order valence-corrected chi connectivity index (χ4v) is 3.73. The van der Waals surface area contributed by atoms with E-state index in [1.165, 1.54) is 51.4 Å². The third kappa shape index (κ3) is 2.25. The summed E-state index contributed by atoms with van der Waals surface area (Å²) in [6.07, 6.45) is 11.1. The van der Waals surface area contributed by atoms with E-state index >= 15 is 0 Å². The molecule has 1 aromatic carbocycles. The third-order valence-corrected chi connectivity index (χ3v) is 4.73. The number of hydrogen-bond donors (Lipinski definition) is 0. The van der Waals surface area contributed by atoms with Crippen LogP contribution in [-0.2, 0) is 6.42 Å². The maximum atomic E-state index is 2.33. The molecular formula is C18H24. The first-order valence-electron chi connectivity index (χ1n) is 7.67. The van der Waals surface area contributed by atoms with E-state index in [0.717, 1.165) is 5.92 Å². The summed E-state index contributed by atoms with van der Waals surface area (Å²) in [6.45, 7) is 2.30. The first-order valence-corrected chi connectivity index (χ1v) is 7.67. The van der Waals surface area contributed by atoms with Crippen LogP contribution in [0.25, 0.3) is 5.57 Å². The highest BCUT2D eigenvalue weighted by Crippen LogP contribution is 2.44. The summed E-state index contributed by atoms with van der Waals surface area (Å²) in [7, 11) is 0. The van der Waals surface area contributed by atoms with Crippen molar-refractivity contribution in [3.05, 3.63) is 41.0 Å². The quantitative estimate of drug-likeness (QED) is 0.620. The lowest BCUT2D eigenvalue weighted by Gasteiger charge is -2.24. The van der Waals surface area contributed by atoms with Crippen molar-refractivity contribution in [2.24, 2.45) is 5.92 Å². The predicted molar refractivity (Wildman–Crippen MR) is 78.5 cm³/mol. The van der Waals surface area contributed by atoms with Crippen molar-refractivity contribution < 1.29 is 0 Å². The van der Waals surface area contributed by atoms with Crippen LogP contribution in [0.1, 0.15) is 63.0 Å². The third-order valence-electron chi connectivity index (χ3n) is 4.73. The van der Waals surface area contributed by atoms with Gasteiger partial charge in [-0.3, -0.25) is 0 Å². The molecule has 0 aliphatic heterocycles. The van der Waals surface area contributed by atoms with E-state index in [9.17, 15) is 0 Å². The maximum absolute atomic E-state index is 2.33. The van der Waals surface area contributed by atoms with Crippen LogP contribution in [0.15, 0.2) is 29.8 Å². The zero-order chi connectivity index (χ0) is 12.4. The Labute approximate surface area is 111 Å². The van der Waals surface area contributed by atoms with Gasteiger partial charge >= 0.3 is 0 Å². The van der Waals surface area contributed by atoms with Crippen LogP contribution in [0.2, 0.25) is 0 Å². The molecule has 0 heteroatoms. The van der Waals surface area contributed by atoms with Crippen LogP contribution in [0.3, 0.4) is 0 Å². The summed E-state index contributed by atoms with van der Waals surface area (Å²) < 4.78 is 0. The van der Waals surface area contributed by atoms with Crippen LogP contribution < -0.4 is 0 Å². The van der Waals surface area contributed by atoms with Crippen molar-refractivity contribution in [2.45, 2.75) is 58.3 Å². The van der Waals surface area contributed by atoms with Gasteiger partial charge in [-0.05, 0) is 48.3 Å². The molecule has 2 aliphatic rings. The van der Waals surface area contributed by atoms with Crippen LogP contribution in [0.5, 0.6) is 0 Å². The Hall–Kier alpha value is -1.04. The van der Waals surface area contributed by atoms with Crippen molar-refractivity contribution in [3.8, 4) is 0 Å².